The van der Waals surface area contributed by atoms with Crippen LogP contribution in [0.3, 0.4) is 0 Å². The molecule has 3 amide bonds. The number of benzene rings is 1. The standard InChI is InChI=1S/C19H23F2N7O4S/c20-14-5-12(27-8-13(7-22)32-19(27)31)6-15(21)16(14)26-2-1-23-28(4-3-26)18(30)25-17-24-11(9-29)10-33-17/h5-6,10,13,23,29H,1-4,7-9,22H2,(H,24,25,30)/t13-/m0/s1. The molecular weight excluding hydrogens is 460 g/mol. The quantitative estimate of drug-likeness (QED) is 0.496. The van der Waals surface area contributed by atoms with Crippen LogP contribution in [0.15, 0.2) is 17.5 Å². The number of hydrazine groups is 1. The Morgan fingerprint density at radius 2 is 2.09 bits per heavy atom. The Kier molecular flexibility index (Phi) is 6.88. The van der Waals surface area contributed by atoms with Crippen molar-refractivity contribution in [2.75, 3.05) is 54.4 Å². The molecule has 0 bridgehead atoms. The smallest absolute Gasteiger partial charge is 0.414 e. The first-order valence-electron chi connectivity index (χ1n) is 10.2. The van der Waals surface area contributed by atoms with Crippen molar-refractivity contribution in [3.05, 3.63) is 34.8 Å². The van der Waals surface area contributed by atoms with E-state index >= 15 is 0 Å². The second-order valence-electron chi connectivity index (χ2n) is 7.39. The number of nitrogens with zero attached hydrogens (tertiary/aromatic N) is 4. The lowest BCUT2D eigenvalue weighted by atomic mass is 10.2. The summed E-state index contributed by atoms with van der Waals surface area (Å²) in [6.45, 7) is 0.793. The summed E-state index contributed by atoms with van der Waals surface area (Å²) in [4.78, 5) is 31.2. The lowest BCUT2D eigenvalue weighted by molar-refractivity contribution is 0.145. The number of thiazole rings is 1. The normalized spacial score (nSPS) is 19.0. The molecule has 2 fully saturated rings. The molecule has 3 heterocycles. The first-order chi connectivity index (χ1) is 15.9. The minimum absolute atomic E-state index is 0.0503. The maximum atomic E-state index is 14.9. The topological polar surface area (TPSA) is 136 Å². The van der Waals surface area contributed by atoms with Crippen LogP contribution in [0, 0.1) is 11.6 Å². The number of amides is 3. The number of rotatable bonds is 5. The molecule has 2 saturated heterocycles. The second-order valence-corrected chi connectivity index (χ2v) is 8.25. The van der Waals surface area contributed by atoms with Crippen LogP contribution < -0.4 is 26.3 Å². The van der Waals surface area contributed by atoms with Gasteiger partial charge in [0.1, 0.15) is 11.8 Å². The Balaban J connectivity index is 1.43. The second kappa shape index (κ2) is 9.82. The SMILES string of the molecule is NC[C@H]1CN(c2cc(F)c(N3CCNN(C(=O)Nc4nc(CO)cs4)CC3)c(F)c2)C(=O)O1. The van der Waals surface area contributed by atoms with Crippen molar-refractivity contribution in [1.82, 2.24) is 15.4 Å². The molecule has 1 aromatic carbocycles. The summed E-state index contributed by atoms with van der Waals surface area (Å²) in [5, 5.41) is 15.0. The number of hydrogen-bond donors (Lipinski definition) is 4. The average molecular weight is 484 g/mol. The number of anilines is 3. The molecular formula is C19H23F2N7O4S. The van der Waals surface area contributed by atoms with Crippen molar-refractivity contribution < 1.29 is 28.2 Å². The molecule has 2 aliphatic heterocycles. The van der Waals surface area contributed by atoms with Crippen LogP contribution in [-0.4, -0.2) is 72.6 Å². The molecule has 178 valence electrons. The highest BCUT2D eigenvalue weighted by molar-refractivity contribution is 7.13. The fraction of sp³-hybridized carbons (Fsp3) is 0.421. The third-order valence-corrected chi connectivity index (χ3v) is 6.02. The fourth-order valence-corrected chi connectivity index (χ4v) is 4.28. The zero-order chi connectivity index (χ0) is 23.5. The number of nitrogens with one attached hydrogen (secondary N) is 2. The van der Waals surface area contributed by atoms with Crippen molar-refractivity contribution in [1.29, 1.82) is 0 Å². The number of carbonyl (C=O) groups is 2. The van der Waals surface area contributed by atoms with Crippen LogP contribution in [0.5, 0.6) is 0 Å². The number of aromatic nitrogens is 1. The summed E-state index contributed by atoms with van der Waals surface area (Å²) >= 11 is 1.18. The van der Waals surface area contributed by atoms with E-state index in [1.807, 2.05) is 0 Å². The van der Waals surface area contributed by atoms with Gasteiger partial charge >= 0.3 is 12.1 Å². The van der Waals surface area contributed by atoms with E-state index in [2.05, 4.69) is 15.7 Å². The van der Waals surface area contributed by atoms with E-state index in [-0.39, 0.29) is 57.3 Å². The summed E-state index contributed by atoms with van der Waals surface area (Å²) in [5.41, 5.74) is 8.68. The van der Waals surface area contributed by atoms with E-state index in [0.29, 0.717) is 10.8 Å². The van der Waals surface area contributed by atoms with Crippen LogP contribution in [0.1, 0.15) is 5.69 Å². The van der Waals surface area contributed by atoms with Gasteiger partial charge in [-0.1, -0.05) is 0 Å². The van der Waals surface area contributed by atoms with E-state index in [9.17, 15) is 18.4 Å². The van der Waals surface area contributed by atoms with Gasteiger partial charge in [0.25, 0.3) is 0 Å². The summed E-state index contributed by atoms with van der Waals surface area (Å²) < 4.78 is 34.9. The molecule has 33 heavy (non-hydrogen) atoms. The number of aliphatic hydroxyl groups excluding tert-OH is 1. The highest BCUT2D eigenvalue weighted by atomic mass is 32.1. The molecule has 14 heteroatoms. The molecule has 2 aromatic rings. The van der Waals surface area contributed by atoms with Crippen molar-refractivity contribution in [3.8, 4) is 0 Å². The van der Waals surface area contributed by atoms with E-state index in [1.165, 1.54) is 21.2 Å². The molecule has 5 N–H and O–H groups in total. The summed E-state index contributed by atoms with van der Waals surface area (Å²) in [6, 6.07) is 1.69. The number of aliphatic hydroxyl groups is 1. The highest BCUT2D eigenvalue weighted by Crippen LogP contribution is 2.31. The summed E-state index contributed by atoms with van der Waals surface area (Å²) in [6.07, 6.45) is -1.24. The van der Waals surface area contributed by atoms with Gasteiger partial charge in [-0.25, -0.2) is 28.8 Å². The molecule has 1 atom stereocenters. The molecule has 2 aliphatic rings. The van der Waals surface area contributed by atoms with Crippen LogP contribution in [0.25, 0.3) is 0 Å². The van der Waals surface area contributed by atoms with Crippen molar-refractivity contribution in [2.45, 2.75) is 12.7 Å². The van der Waals surface area contributed by atoms with Crippen LogP contribution in [0.2, 0.25) is 0 Å². The molecule has 0 aliphatic carbocycles. The Labute approximate surface area is 191 Å². The third kappa shape index (κ3) is 4.98. The number of nitrogens with two attached hydrogens (primary N) is 1. The third-order valence-electron chi connectivity index (χ3n) is 5.22. The van der Waals surface area contributed by atoms with Gasteiger partial charge < -0.3 is 20.5 Å². The molecule has 11 nitrogen and oxygen atoms in total. The molecule has 0 saturated carbocycles. The van der Waals surface area contributed by atoms with Crippen LogP contribution in [0.4, 0.5) is 34.9 Å². The Morgan fingerprint density at radius 1 is 1.33 bits per heavy atom. The monoisotopic (exact) mass is 483 g/mol. The number of urea groups is 1. The minimum Gasteiger partial charge on any atom is -0.443 e. The van der Waals surface area contributed by atoms with Gasteiger partial charge in [-0.3, -0.25) is 15.2 Å². The minimum atomic E-state index is -0.828. The number of halogens is 2. The average Bonchev–Trinajstić information content (AvgIpc) is 3.32. The van der Waals surface area contributed by atoms with Gasteiger partial charge in [-0.2, -0.15) is 0 Å². The molecule has 0 unspecified atom stereocenters. The van der Waals surface area contributed by atoms with Crippen LogP contribution in [-0.2, 0) is 11.3 Å². The number of carbonyl (C=O) groups excluding carboxylic acids is 2. The van der Waals surface area contributed by atoms with Gasteiger partial charge in [0, 0.05) is 43.7 Å². The maximum Gasteiger partial charge on any atom is 0.414 e. The largest absolute Gasteiger partial charge is 0.443 e. The maximum absolute atomic E-state index is 14.9. The Hall–Kier alpha value is -3.07. The molecule has 4 rings (SSSR count). The van der Waals surface area contributed by atoms with Gasteiger partial charge in [0.2, 0.25) is 0 Å². The highest BCUT2D eigenvalue weighted by Gasteiger charge is 2.33. The van der Waals surface area contributed by atoms with Crippen molar-refractivity contribution >= 4 is 40.0 Å². The van der Waals surface area contributed by atoms with Gasteiger partial charge in [0.05, 0.1) is 31.1 Å². The fourth-order valence-electron chi connectivity index (χ4n) is 3.59. The lowest BCUT2D eigenvalue weighted by Gasteiger charge is -2.25. The first-order valence-corrected chi connectivity index (χ1v) is 11.1. The van der Waals surface area contributed by atoms with E-state index in [0.717, 1.165) is 17.0 Å². The van der Waals surface area contributed by atoms with E-state index in [4.69, 9.17) is 15.6 Å². The van der Waals surface area contributed by atoms with Crippen molar-refractivity contribution in [2.24, 2.45) is 5.73 Å². The lowest BCUT2D eigenvalue weighted by Crippen LogP contribution is -2.46. The van der Waals surface area contributed by atoms with Gasteiger partial charge in [-0.05, 0) is 0 Å². The van der Waals surface area contributed by atoms with Crippen LogP contribution >= 0.6 is 11.3 Å². The Morgan fingerprint density at radius 3 is 2.73 bits per heavy atom. The summed E-state index contributed by atoms with van der Waals surface area (Å²) in [7, 11) is 0. The zero-order valence-corrected chi connectivity index (χ0v) is 18.3. The van der Waals surface area contributed by atoms with E-state index in [1.54, 1.807) is 5.38 Å². The Bertz CT molecular complexity index is 1020. The van der Waals surface area contributed by atoms with Gasteiger partial charge in [0.15, 0.2) is 16.8 Å². The number of hydrogen-bond acceptors (Lipinski definition) is 9. The van der Waals surface area contributed by atoms with E-state index < -0.39 is 29.9 Å². The first kappa shape index (κ1) is 23.1. The summed E-state index contributed by atoms with van der Waals surface area (Å²) in [5.74, 6) is -1.66. The molecule has 0 radical (unpaired) electrons. The van der Waals surface area contributed by atoms with Gasteiger partial charge in [-0.15, -0.1) is 11.3 Å². The molecule has 0 spiro atoms. The zero-order valence-electron chi connectivity index (χ0n) is 17.5. The predicted molar refractivity (Wildman–Crippen MR) is 117 cm³/mol. The van der Waals surface area contributed by atoms with Crippen molar-refractivity contribution in [3.63, 3.8) is 0 Å². The number of ether oxygens (including phenoxy) is 1. The molecule has 1 aromatic heterocycles. The number of cyclic esters (lactones) is 1. The predicted octanol–water partition coefficient (Wildman–Crippen LogP) is 1.06.